The molecule has 2 nitrogen and oxygen atoms in total. The van der Waals surface area contributed by atoms with Crippen molar-refractivity contribution in [3.8, 4) is 0 Å². The molecule has 0 radical (unpaired) electrons. The molecule has 1 atom stereocenters. The minimum Gasteiger partial charge on any atom is -0.481 e. The first-order valence-electron chi connectivity index (χ1n) is 13.9. The van der Waals surface area contributed by atoms with Crippen molar-refractivity contribution in [2.24, 2.45) is 5.92 Å². The maximum Gasteiger partial charge on any atom is 0.306 e. The maximum absolute atomic E-state index is 11.5. The van der Waals surface area contributed by atoms with E-state index in [0.717, 1.165) is 51.4 Å². The first-order valence-corrected chi connectivity index (χ1v) is 13.9. The monoisotopic (exact) mass is 446 g/mol. The summed E-state index contributed by atoms with van der Waals surface area (Å²) in [6, 6.07) is 0. The Kier molecular flexibility index (Phi) is 24.9. The van der Waals surface area contributed by atoms with Gasteiger partial charge in [-0.3, -0.25) is 4.79 Å². The van der Waals surface area contributed by atoms with Crippen molar-refractivity contribution in [2.75, 3.05) is 0 Å². The molecule has 2 heteroatoms. The van der Waals surface area contributed by atoms with Crippen LogP contribution < -0.4 is 0 Å². The van der Waals surface area contributed by atoms with Gasteiger partial charge in [0.25, 0.3) is 0 Å². The molecule has 0 spiro atoms. The predicted molar refractivity (Wildman–Crippen MR) is 142 cm³/mol. The quantitative estimate of drug-likeness (QED) is 0.118. The zero-order valence-corrected chi connectivity index (χ0v) is 21.5. The van der Waals surface area contributed by atoms with E-state index >= 15 is 0 Å². The maximum atomic E-state index is 11.5. The standard InChI is InChI=1S/C30H54O2/c1-3-5-7-9-11-13-15-16-17-18-20-22-24-26-28-29(30(31)32)27-25-23-21-19-14-12-10-8-6-4-2/h5,7,11,13,16-17,29H,3-4,6,8-10,12,14-15,18-28H2,1-2H3,(H,31,32). The summed E-state index contributed by atoms with van der Waals surface area (Å²) < 4.78 is 0. The molecule has 0 saturated heterocycles. The van der Waals surface area contributed by atoms with Gasteiger partial charge in [-0.05, 0) is 44.9 Å². The summed E-state index contributed by atoms with van der Waals surface area (Å²) in [6.07, 6.45) is 37.2. The SMILES string of the molecule is CCC=CCC=CCC=CCCCCCCC(CCCCCCCCCCCC)C(=O)O. The van der Waals surface area contributed by atoms with E-state index in [1.807, 2.05) is 0 Å². The van der Waals surface area contributed by atoms with E-state index in [1.54, 1.807) is 0 Å². The summed E-state index contributed by atoms with van der Waals surface area (Å²) in [5.41, 5.74) is 0. The molecule has 32 heavy (non-hydrogen) atoms. The van der Waals surface area contributed by atoms with Gasteiger partial charge >= 0.3 is 5.97 Å². The third kappa shape index (κ3) is 23.4. The molecule has 1 N–H and O–H groups in total. The van der Waals surface area contributed by atoms with Crippen LogP contribution >= 0.6 is 0 Å². The smallest absolute Gasteiger partial charge is 0.306 e. The number of rotatable bonds is 24. The molecule has 0 aromatic rings. The first kappa shape index (κ1) is 30.7. The van der Waals surface area contributed by atoms with E-state index in [0.29, 0.717) is 0 Å². The van der Waals surface area contributed by atoms with Crippen LogP contribution in [0.5, 0.6) is 0 Å². The van der Waals surface area contributed by atoms with Gasteiger partial charge in [0.1, 0.15) is 0 Å². The number of hydrogen-bond acceptors (Lipinski definition) is 1. The van der Waals surface area contributed by atoms with Crippen molar-refractivity contribution in [3.63, 3.8) is 0 Å². The molecule has 0 aromatic carbocycles. The predicted octanol–water partition coefficient (Wildman–Crippen LogP) is 10.2. The summed E-state index contributed by atoms with van der Waals surface area (Å²) in [6.45, 7) is 4.42. The molecule has 1 unspecified atom stereocenters. The zero-order valence-electron chi connectivity index (χ0n) is 21.5. The second-order valence-electron chi connectivity index (χ2n) is 9.29. The average Bonchev–Trinajstić information content (AvgIpc) is 2.78. The second-order valence-corrected chi connectivity index (χ2v) is 9.29. The highest BCUT2D eigenvalue weighted by Gasteiger charge is 2.16. The molecule has 0 amide bonds. The van der Waals surface area contributed by atoms with Crippen molar-refractivity contribution < 1.29 is 9.90 Å². The minimum absolute atomic E-state index is 0.122. The fourth-order valence-electron chi connectivity index (χ4n) is 4.10. The van der Waals surface area contributed by atoms with Gasteiger partial charge in [0.2, 0.25) is 0 Å². The molecule has 0 bridgehead atoms. The number of carboxylic acids is 1. The molecule has 0 heterocycles. The lowest BCUT2D eigenvalue weighted by molar-refractivity contribution is -0.142. The van der Waals surface area contributed by atoms with Crippen LogP contribution in [0.1, 0.15) is 142 Å². The lowest BCUT2D eigenvalue weighted by Gasteiger charge is -2.12. The van der Waals surface area contributed by atoms with Crippen molar-refractivity contribution in [3.05, 3.63) is 36.5 Å². The Balaban J connectivity index is 3.56. The lowest BCUT2D eigenvalue weighted by Crippen LogP contribution is -2.13. The van der Waals surface area contributed by atoms with Gasteiger partial charge in [0.05, 0.1) is 5.92 Å². The number of carboxylic acid groups (broad SMARTS) is 1. The van der Waals surface area contributed by atoms with E-state index in [1.165, 1.54) is 77.0 Å². The third-order valence-electron chi connectivity index (χ3n) is 6.21. The molecule has 0 rings (SSSR count). The Morgan fingerprint density at radius 2 is 1.03 bits per heavy atom. The summed E-state index contributed by atoms with van der Waals surface area (Å²) in [7, 11) is 0. The molecule has 0 aromatic heterocycles. The number of carbonyl (C=O) groups is 1. The highest BCUT2D eigenvalue weighted by molar-refractivity contribution is 5.69. The van der Waals surface area contributed by atoms with Crippen LogP contribution in [0.2, 0.25) is 0 Å². The summed E-state index contributed by atoms with van der Waals surface area (Å²) in [5.74, 6) is -0.704. The molecular formula is C30H54O2. The highest BCUT2D eigenvalue weighted by Crippen LogP contribution is 2.19. The molecule has 0 fully saturated rings. The van der Waals surface area contributed by atoms with Crippen molar-refractivity contribution in [1.82, 2.24) is 0 Å². The average molecular weight is 447 g/mol. The van der Waals surface area contributed by atoms with Gasteiger partial charge in [0, 0.05) is 0 Å². The van der Waals surface area contributed by atoms with Gasteiger partial charge in [-0.15, -0.1) is 0 Å². The van der Waals surface area contributed by atoms with Crippen LogP contribution in [0.3, 0.4) is 0 Å². The Morgan fingerprint density at radius 3 is 1.53 bits per heavy atom. The van der Waals surface area contributed by atoms with E-state index in [4.69, 9.17) is 0 Å². The minimum atomic E-state index is -0.581. The van der Waals surface area contributed by atoms with Gasteiger partial charge in [0.15, 0.2) is 0 Å². The molecule has 0 aliphatic heterocycles. The normalized spacial score (nSPS) is 13.1. The van der Waals surface area contributed by atoms with Gasteiger partial charge < -0.3 is 5.11 Å². The van der Waals surface area contributed by atoms with Gasteiger partial charge in [-0.1, -0.05) is 134 Å². The number of allylic oxidation sites excluding steroid dienone is 6. The largest absolute Gasteiger partial charge is 0.481 e. The van der Waals surface area contributed by atoms with Crippen molar-refractivity contribution >= 4 is 5.97 Å². The Bertz CT molecular complexity index is 475. The molecular weight excluding hydrogens is 392 g/mol. The van der Waals surface area contributed by atoms with Crippen LogP contribution in [0.25, 0.3) is 0 Å². The molecule has 0 aliphatic carbocycles. The zero-order chi connectivity index (χ0) is 23.5. The fourth-order valence-corrected chi connectivity index (χ4v) is 4.10. The summed E-state index contributed by atoms with van der Waals surface area (Å²) in [4.78, 5) is 11.5. The Hall–Kier alpha value is -1.31. The van der Waals surface area contributed by atoms with E-state index in [9.17, 15) is 9.90 Å². The summed E-state index contributed by atoms with van der Waals surface area (Å²) >= 11 is 0. The van der Waals surface area contributed by atoms with E-state index in [-0.39, 0.29) is 5.92 Å². The van der Waals surface area contributed by atoms with Gasteiger partial charge in [-0.25, -0.2) is 0 Å². The van der Waals surface area contributed by atoms with E-state index < -0.39 is 5.97 Å². The van der Waals surface area contributed by atoms with Crippen molar-refractivity contribution in [1.29, 1.82) is 0 Å². The van der Waals surface area contributed by atoms with Crippen LogP contribution in [0.4, 0.5) is 0 Å². The van der Waals surface area contributed by atoms with Gasteiger partial charge in [-0.2, -0.15) is 0 Å². The second kappa shape index (κ2) is 25.9. The third-order valence-corrected chi connectivity index (χ3v) is 6.21. The number of aliphatic carboxylic acids is 1. The van der Waals surface area contributed by atoms with Crippen LogP contribution in [-0.4, -0.2) is 11.1 Å². The molecule has 0 aliphatic rings. The highest BCUT2D eigenvalue weighted by atomic mass is 16.4. The topological polar surface area (TPSA) is 37.3 Å². The van der Waals surface area contributed by atoms with Crippen molar-refractivity contribution in [2.45, 2.75) is 142 Å². The lowest BCUT2D eigenvalue weighted by atomic mass is 9.94. The number of unbranched alkanes of at least 4 members (excludes halogenated alkanes) is 13. The first-order chi connectivity index (χ1) is 15.7. The fraction of sp³-hybridized carbons (Fsp3) is 0.767. The number of hydrogen-bond donors (Lipinski definition) is 1. The van der Waals surface area contributed by atoms with Crippen LogP contribution in [0.15, 0.2) is 36.5 Å². The molecule has 0 saturated carbocycles. The summed E-state index contributed by atoms with van der Waals surface area (Å²) in [5, 5.41) is 9.50. The van der Waals surface area contributed by atoms with E-state index in [2.05, 4.69) is 50.3 Å². The van der Waals surface area contributed by atoms with Crippen LogP contribution in [0, 0.1) is 5.92 Å². The Morgan fingerprint density at radius 1 is 0.594 bits per heavy atom. The molecule has 186 valence electrons. The Labute approximate surface area is 200 Å². The van der Waals surface area contributed by atoms with Crippen LogP contribution in [-0.2, 0) is 4.79 Å².